The second-order valence-corrected chi connectivity index (χ2v) is 4.58. The zero-order valence-corrected chi connectivity index (χ0v) is 8.72. The molecule has 1 fully saturated rings. The monoisotopic (exact) mass is 190 g/mol. The summed E-state index contributed by atoms with van der Waals surface area (Å²) in [4.78, 5) is 0. The molecule has 0 heterocycles. The van der Waals surface area contributed by atoms with Gasteiger partial charge in [0.15, 0.2) is 0 Å². The molecule has 0 radical (unpaired) electrons. The Morgan fingerprint density at radius 3 is 2.86 bits per heavy atom. The second kappa shape index (κ2) is 3.28. The van der Waals surface area contributed by atoms with E-state index in [4.69, 9.17) is 5.73 Å². The Bertz CT molecular complexity index is 308. The van der Waals surface area contributed by atoms with Gasteiger partial charge in [0.2, 0.25) is 0 Å². The molecule has 0 spiro atoms. The molecule has 0 bridgehead atoms. The van der Waals surface area contributed by atoms with Gasteiger partial charge in [-0.15, -0.1) is 0 Å². The van der Waals surface area contributed by atoms with Crippen molar-refractivity contribution in [2.75, 3.05) is 0 Å². The maximum atomic E-state index is 5.74. The zero-order chi connectivity index (χ0) is 10.2. The Hall–Kier alpha value is -1.02. The largest absolute Gasteiger partial charge is 0.359 e. The molecule has 3 N–H and O–H groups in total. The van der Waals surface area contributed by atoms with E-state index in [1.54, 1.807) is 0 Å². The Balaban J connectivity index is 1.92. The Labute approximate surface area is 85.6 Å². The minimum Gasteiger partial charge on any atom is -0.359 e. The normalized spacial score (nSPS) is 28.1. The summed E-state index contributed by atoms with van der Waals surface area (Å²) < 4.78 is 0. The summed E-state index contributed by atoms with van der Waals surface area (Å²) in [6.07, 6.45) is 9.66. The number of allylic oxidation sites excluding steroid dienone is 2. The van der Waals surface area contributed by atoms with Crippen molar-refractivity contribution < 1.29 is 0 Å². The molecule has 1 atom stereocenters. The molecular weight excluding hydrogens is 172 g/mol. The first-order valence-corrected chi connectivity index (χ1v) is 5.20. The molecule has 0 aromatic heterocycles. The first-order chi connectivity index (χ1) is 6.60. The minimum absolute atomic E-state index is 0.185. The van der Waals surface area contributed by atoms with Gasteiger partial charge in [0.05, 0.1) is 0 Å². The molecule has 2 nitrogen and oxygen atoms in total. The fourth-order valence-corrected chi connectivity index (χ4v) is 1.54. The van der Waals surface area contributed by atoms with Crippen molar-refractivity contribution in [2.45, 2.75) is 32.2 Å². The van der Waals surface area contributed by atoms with Gasteiger partial charge in [0.1, 0.15) is 0 Å². The Morgan fingerprint density at radius 2 is 2.36 bits per heavy atom. The Morgan fingerprint density at radius 1 is 1.64 bits per heavy atom. The highest BCUT2D eigenvalue weighted by Crippen LogP contribution is 2.49. The smallest absolute Gasteiger partial charge is 0.0339 e. The van der Waals surface area contributed by atoms with Crippen molar-refractivity contribution in [3.05, 3.63) is 36.2 Å². The summed E-state index contributed by atoms with van der Waals surface area (Å²) in [6.45, 7) is 6.34. The van der Waals surface area contributed by atoms with Gasteiger partial charge < -0.3 is 11.1 Å². The van der Waals surface area contributed by atoms with Crippen LogP contribution in [0, 0.1) is 5.41 Å². The van der Waals surface area contributed by atoms with Crippen molar-refractivity contribution in [3.63, 3.8) is 0 Å². The molecular formula is C12H18N2. The molecule has 0 aliphatic heterocycles. The summed E-state index contributed by atoms with van der Waals surface area (Å²) in [7, 11) is 0. The standard InChI is InChI=1S/C12H18N2/c1-9(12(2)7-8-12)14-11-5-3-10(13)4-6-11/h3,5-6,10,14H,1,4,7-8,13H2,2H3. The van der Waals surface area contributed by atoms with E-state index < -0.39 is 0 Å². The SMILES string of the molecule is C=C(NC1=CCC(N)C=C1)C1(C)CC1. The third kappa shape index (κ3) is 1.90. The van der Waals surface area contributed by atoms with E-state index in [9.17, 15) is 0 Å². The molecule has 0 saturated heterocycles. The lowest BCUT2D eigenvalue weighted by molar-refractivity contribution is 0.637. The van der Waals surface area contributed by atoms with Crippen molar-refractivity contribution in [1.29, 1.82) is 0 Å². The number of nitrogens with two attached hydrogens (primary N) is 1. The fourth-order valence-electron chi connectivity index (χ4n) is 1.54. The Kier molecular flexibility index (Phi) is 2.23. The van der Waals surface area contributed by atoms with Crippen LogP contribution in [0.25, 0.3) is 0 Å². The van der Waals surface area contributed by atoms with Gasteiger partial charge in [-0.05, 0) is 25.3 Å². The topological polar surface area (TPSA) is 38.0 Å². The number of hydrogen-bond donors (Lipinski definition) is 2. The predicted molar refractivity (Wildman–Crippen MR) is 59.4 cm³/mol. The fraction of sp³-hybridized carbons (Fsp3) is 0.500. The van der Waals surface area contributed by atoms with Crippen molar-refractivity contribution in [1.82, 2.24) is 5.32 Å². The van der Waals surface area contributed by atoms with Gasteiger partial charge in [0.25, 0.3) is 0 Å². The van der Waals surface area contributed by atoms with Crippen LogP contribution in [0.2, 0.25) is 0 Å². The van der Waals surface area contributed by atoms with Gasteiger partial charge in [-0.1, -0.05) is 25.7 Å². The van der Waals surface area contributed by atoms with Crippen LogP contribution >= 0.6 is 0 Å². The van der Waals surface area contributed by atoms with E-state index in [2.05, 4.69) is 24.9 Å². The molecule has 1 saturated carbocycles. The third-order valence-electron chi connectivity index (χ3n) is 3.16. The van der Waals surface area contributed by atoms with Crippen LogP contribution < -0.4 is 11.1 Å². The second-order valence-electron chi connectivity index (χ2n) is 4.58. The average molecular weight is 190 g/mol. The minimum atomic E-state index is 0.185. The number of hydrogen-bond acceptors (Lipinski definition) is 2. The maximum absolute atomic E-state index is 5.74. The predicted octanol–water partition coefficient (Wildman–Crippen LogP) is 2.06. The van der Waals surface area contributed by atoms with E-state index in [1.807, 2.05) is 12.2 Å². The van der Waals surface area contributed by atoms with Gasteiger partial charge in [-0.25, -0.2) is 0 Å². The van der Waals surface area contributed by atoms with E-state index >= 15 is 0 Å². The zero-order valence-electron chi connectivity index (χ0n) is 8.72. The molecule has 2 rings (SSSR count). The molecule has 0 amide bonds. The molecule has 2 aliphatic rings. The lowest BCUT2D eigenvalue weighted by atomic mass is 10.0. The number of rotatable bonds is 3. The van der Waals surface area contributed by atoms with Gasteiger partial charge >= 0.3 is 0 Å². The van der Waals surface area contributed by atoms with Gasteiger partial charge in [-0.2, -0.15) is 0 Å². The average Bonchev–Trinajstić information content (AvgIpc) is 2.89. The van der Waals surface area contributed by atoms with Crippen LogP contribution in [-0.4, -0.2) is 6.04 Å². The first-order valence-electron chi connectivity index (χ1n) is 5.20. The highest BCUT2D eigenvalue weighted by atomic mass is 14.9. The molecule has 2 aliphatic carbocycles. The van der Waals surface area contributed by atoms with E-state index in [1.165, 1.54) is 12.8 Å². The molecule has 76 valence electrons. The summed E-state index contributed by atoms with van der Waals surface area (Å²) in [5.74, 6) is 0. The quantitative estimate of drug-likeness (QED) is 0.715. The summed E-state index contributed by atoms with van der Waals surface area (Å²) in [5.41, 5.74) is 8.37. The highest BCUT2D eigenvalue weighted by molar-refractivity contribution is 5.29. The van der Waals surface area contributed by atoms with Gasteiger partial charge in [-0.3, -0.25) is 0 Å². The van der Waals surface area contributed by atoms with Crippen LogP contribution in [0.3, 0.4) is 0 Å². The van der Waals surface area contributed by atoms with E-state index in [0.717, 1.165) is 17.8 Å². The maximum Gasteiger partial charge on any atom is 0.0339 e. The number of nitrogens with one attached hydrogen (secondary N) is 1. The lowest BCUT2D eigenvalue weighted by Gasteiger charge is -2.18. The van der Waals surface area contributed by atoms with Crippen LogP contribution in [-0.2, 0) is 0 Å². The van der Waals surface area contributed by atoms with Crippen LogP contribution in [0.1, 0.15) is 26.2 Å². The summed E-state index contributed by atoms with van der Waals surface area (Å²) in [5, 5.41) is 3.37. The summed E-state index contributed by atoms with van der Waals surface area (Å²) >= 11 is 0. The van der Waals surface area contributed by atoms with E-state index in [-0.39, 0.29) is 6.04 Å². The highest BCUT2D eigenvalue weighted by Gasteiger charge is 2.40. The van der Waals surface area contributed by atoms with Crippen LogP contribution in [0.5, 0.6) is 0 Å². The van der Waals surface area contributed by atoms with Crippen molar-refractivity contribution in [2.24, 2.45) is 11.1 Å². The third-order valence-corrected chi connectivity index (χ3v) is 3.16. The van der Waals surface area contributed by atoms with Gasteiger partial charge in [0, 0.05) is 22.9 Å². The van der Waals surface area contributed by atoms with E-state index in [0.29, 0.717) is 5.41 Å². The summed E-state index contributed by atoms with van der Waals surface area (Å²) in [6, 6.07) is 0.185. The lowest BCUT2D eigenvalue weighted by Crippen LogP contribution is -2.23. The molecule has 1 unspecified atom stereocenters. The van der Waals surface area contributed by atoms with Crippen LogP contribution in [0.15, 0.2) is 36.2 Å². The van der Waals surface area contributed by atoms with Crippen molar-refractivity contribution in [3.8, 4) is 0 Å². The van der Waals surface area contributed by atoms with Crippen molar-refractivity contribution >= 4 is 0 Å². The molecule has 0 aromatic carbocycles. The first kappa shape index (κ1) is 9.53. The molecule has 2 heteroatoms. The molecule has 14 heavy (non-hydrogen) atoms. The van der Waals surface area contributed by atoms with Crippen LogP contribution in [0.4, 0.5) is 0 Å². The molecule has 0 aromatic rings.